The van der Waals surface area contributed by atoms with Gasteiger partial charge in [-0.2, -0.15) is 11.8 Å². The second kappa shape index (κ2) is 9.45. The summed E-state index contributed by atoms with van der Waals surface area (Å²) in [6, 6.07) is 17.6. The Kier molecular flexibility index (Phi) is 6.50. The van der Waals surface area contributed by atoms with Crippen LogP contribution < -0.4 is 5.32 Å². The lowest BCUT2D eigenvalue weighted by Gasteiger charge is -2.27. The van der Waals surface area contributed by atoms with Crippen molar-refractivity contribution in [3.05, 3.63) is 71.8 Å². The van der Waals surface area contributed by atoms with Gasteiger partial charge in [0.25, 0.3) is 5.91 Å². The highest BCUT2D eigenvalue weighted by Gasteiger charge is 2.48. The van der Waals surface area contributed by atoms with Gasteiger partial charge in [-0.1, -0.05) is 48.5 Å². The summed E-state index contributed by atoms with van der Waals surface area (Å²) in [6.07, 6.45) is 0.433. The Balaban J connectivity index is 1.46. The first-order chi connectivity index (χ1) is 14.6. The van der Waals surface area contributed by atoms with Crippen molar-refractivity contribution in [2.24, 2.45) is 0 Å². The molecule has 0 saturated carbocycles. The number of ketones is 1. The summed E-state index contributed by atoms with van der Waals surface area (Å²) in [5.74, 6) is 0.593. The molecule has 156 valence electrons. The van der Waals surface area contributed by atoms with Gasteiger partial charge in [-0.05, 0) is 24.1 Å². The van der Waals surface area contributed by atoms with Crippen molar-refractivity contribution in [2.75, 3.05) is 18.9 Å². The van der Waals surface area contributed by atoms with Crippen molar-refractivity contribution in [2.45, 2.75) is 30.4 Å². The molecule has 6 nitrogen and oxygen atoms in total. The van der Waals surface area contributed by atoms with E-state index < -0.39 is 12.1 Å². The Hall–Kier alpha value is -2.64. The summed E-state index contributed by atoms with van der Waals surface area (Å²) in [4.78, 5) is 39.9. The number of likely N-dealkylation sites (tertiary alicyclic amines) is 1. The Morgan fingerprint density at radius 1 is 1.10 bits per heavy atom. The third-order valence-corrected chi connectivity index (χ3v) is 6.54. The predicted octanol–water partition coefficient (Wildman–Crippen LogP) is 2.29. The molecule has 0 aromatic heterocycles. The zero-order valence-corrected chi connectivity index (χ0v) is 17.3. The van der Waals surface area contributed by atoms with Gasteiger partial charge in [-0.15, -0.1) is 0 Å². The van der Waals surface area contributed by atoms with Crippen LogP contribution >= 0.6 is 11.8 Å². The smallest absolute Gasteiger partial charge is 0.251 e. The minimum Gasteiger partial charge on any atom is -0.368 e. The lowest BCUT2D eigenvalue weighted by atomic mass is 10.1. The predicted molar refractivity (Wildman–Crippen MR) is 115 cm³/mol. The van der Waals surface area contributed by atoms with Crippen molar-refractivity contribution in [3.8, 4) is 0 Å². The number of nitrogens with one attached hydrogen (secondary N) is 1. The molecule has 2 heterocycles. The lowest BCUT2D eigenvalue weighted by Crippen LogP contribution is -2.53. The zero-order chi connectivity index (χ0) is 20.9. The van der Waals surface area contributed by atoms with Crippen LogP contribution in [0.1, 0.15) is 22.3 Å². The van der Waals surface area contributed by atoms with Gasteiger partial charge in [0.05, 0.1) is 6.10 Å². The van der Waals surface area contributed by atoms with Crippen molar-refractivity contribution in [1.29, 1.82) is 0 Å². The molecule has 4 rings (SSSR count). The summed E-state index contributed by atoms with van der Waals surface area (Å²) in [5.41, 5.74) is 1.66. The molecule has 2 saturated heterocycles. The van der Waals surface area contributed by atoms with Crippen LogP contribution in [-0.4, -0.2) is 59.6 Å². The number of hydrogen-bond donors (Lipinski definition) is 1. The molecule has 2 unspecified atom stereocenters. The van der Waals surface area contributed by atoms with Crippen LogP contribution in [0.15, 0.2) is 60.7 Å². The van der Waals surface area contributed by atoms with E-state index in [0.717, 1.165) is 11.3 Å². The average molecular weight is 425 g/mol. The highest BCUT2D eigenvalue weighted by atomic mass is 32.2. The number of rotatable bonds is 7. The molecule has 2 aliphatic rings. The van der Waals surface area contributed by atoms with Crippen LogP contribution in [0, 0.1) is 0 Å². The number of carbonyl (C=O) groups is 3. The summed E-state index contributed by atoms with van der Waals surface area (Å²) < 4.78 is 5.50. The van der Waals surface area contributed by atoms with E-state index in [9.17, 15) is 14.4 Å². The van der Waals surface area contributed by atoms with Gasteiger partial charge >= 0.3 is 0 Å². The van der Waals surface area contributed by atoms with Crippen molar-refractivity contribution < 1.29 is 19.1 Å². The quantitative estimate of drug-likeness (QED) is 0.738. The summed E-state index contributed by atoms with van der Waals surface area (Å²) in [6.45, 7) is 0.532. The number of thioether (sulfide) groups is 1. The fourth-order valence-corrected chi connectivity index (χ4v) is 4.92. The molecule has 2 fully saturated rings. The molecule has 7 heteroatoms. The molecule has 0 spiro atoms. The number of carbonyl (C=O) groups excluding carboxylic acids is 3. The van der Waals surface area contributed by atoms with E-state index in [2.05, 4.69) is 5.32 Å². The molecule has 3 atom stereocenters. The first-order valence-corrected chi connectivity index (χ1v) is 11.2. The van der Waals surface area contributed by atoms with Crippen molar-refractivity contribution in [3.63, 3.8) is 0 Å². The van der Waals surface area contributed by atoms with E-state index in [1.54, 1.807) is 40.9 Å². The maximum absolute atomic E-state index is 13.3. The van der Waals surface area contributed by atoms with Gasteiger partial charge in [0.2, 0.25) is 5.91 Å². The Labute approximate surface area is 180 Å². The zero-order valence-electron chi connectivity index (χ0n) is 16.5. The molecule has 0 bridgehead atoms. The minimum absolute atomic E-state index is 0.0584. The molecule has 30 heavy (non-hydrogen) atoms. The number of fused-ring (bicyclic) bond motifs is 1. The summed E-state index contributed by atoms with van der Waals surface area (Å²) in [5, 5.41) is 2.89. The Morgan fingerprint density at radius 2 is 1.80 bits per heavy atom. The Morgan fingerprint density at radius 3 is 2.53 bits per heavy atom. The second-order valence-electron chi connectivity index (χ2n) is 7.47. The summed E-state index contributed by atoms with van der Waals surface area (Å²) in [7, 11) is 0. The van der Waals surface area contributed by atoms with Crippen LogP contribution in [0.3, 0.4) is 0 Å². The first kappa shape index (κ1) is 20.6. The topological polar surface area (TPSA) is 75.7 Å². The number of benzene rings is 2. The fraction of sp³-hybridized carbons (Fsp3) is 0.348. The van der Waals surface area contributed by atoms with Crippen LogP contribution in [0.5, 0.6) is 0 Å². The number of hydrogen-bond acceptors (Lipinski definition) is 5. The Bertz CT molecular complexity index is 906. The second-order valence-corrected chi connectivity index (χ2v) is 8.50. The lowest BCUT2D eigenvalue weighted by molar-refractivity contribution is -0.137. The van der Waals surface area contributed by atoms with Gasteiger partial charge in [0.15, 0.2) is 5.78 Å². The van der Waals surface area contributed by atoms with E-state index in [4.69, 9.17) is 4.74 Å². The third-order valence-electron chi connectivity index (χ3n) is 5.43. The van der Waals surface area contributed by atoms with Crippen LogP contribution in [0.2, 0.25) is 0 Å². The fourth-order valence-electron chi connectivity index (χ4n) is 3.92. The number of nitrogens with zero attached hydrogens (tertiary/aromatic N) is 1. The highest BCUT2D eigenvalue weighted by Crippen LogP contribution is 2.28. The van der Waals surface area contributed by atoms with E-state index in [0.29, 0.717) is 24.3 Å². The number of ether oxygens (including phenoxy) is 1. The molecule has 0 aliphatic carbocycles. The van der Waals surface area contributed by atoms with Crippen LogP contribution in [-0.2, 0) is 20.1 Å². The van der Waals surface area contributed by atoms with Crippen LogP contribution in [0.4, 0.5) is 0 Å². The van der Waals surface area contributed by atoms with E-state index in [1.165, 1.54) is 0 Å². The standard InChI is InChI=1S/C23H24N2O4S/c26-19-13-29-20-11-12-25(21(19)20)23(28)18(15-30-14-16-7-3-1-4-8-16)24-22(27)17-9-5-2-6-10-17/h1-10,18,20-21H,11-15H2,(H,24,27)/t18-,20?,21?/m0/s1. The van der Waals surface area contributed by atoms with E-state index in [-0.39, 0.29) is 30.3 Å². The van der Waals surface area contributed by atoms with Gasteiger partial charge < -0.3 is 15.0 Å². The molecule has 2 aromatic carbocycles. The maximum Gasteiger partial charge on any atom is 0.251 e. The van der Waals surface area contributed by atoms with Gasteiger partial charge in [0, 0.05) is 23.6 Å². The molecule has 1 N–H and O–H groups in total. The van der Waals surface area contributed by atoms with E-state index >= 15 is 0 Å². The first-order valence-electron chi connectivity index (χ1n) is 10.1. The van der Waals surface area contributed by atoms with Gasteiger partial charge in [-0.25, -0.2) is 0 Å². The number of amides is 2. The van der Waals surface area contributed by atoms with Crippen molar-refractivity contribution >= 4 is 29.4 Å². The van der Waals surface area contributed by atoms with Crippen molar-refractivity contribution in [1.82, 2.24) is 10.2 Å². The largest absolute Gasteiger partial charge is 0.368 e. The normalized spacial score (nSPS) is 21.3. The van der Waals surface area contributed by atoms with E-state index in [1.807, 2.05) is 36.4 Å². The monoisotopic (exact) mass is 424 g/mol. The maximum atomic E-state index is 13.3. The molecule has 0 radical (unpaired) electrons. The number of Topliss-reactive ketones (excluding diaryl/α,β-unsaturated/α-hetero) is 1. The SMILES string of the molecule is O=C(N[C@@H](CSCc1ccccc1)C(=O)N1CCC2OCC(=O)C21)c1ccccc1. The average Bonchev–Trinajstić information content (AvgIpc) is 3.37. The summed E-state index contributed by atoms with van der Waals surface area (Å²) >= 11 is 1.59. The van der Waals surface area contributed by atoms with Gasteiger partial charge in [0.1, 0.15) is 18.7 Å². The van der Waals surface area contributed by atoms with Crippen LogP contribution in [0.25, 0.3) is 0 Å². The minimum atomic E-state index is -0.710. The molecule has 2 aliphatic heterocycles. The van der Waals surface area contributed by atoms with Gasteiger partial charge in [-0.3, -0.25) is 14.4 Å². The third kappa shape index (κ3) is 4.57. The molecular weight excluding hydrogens is 400 g/mol. The molecule has 2 amide bonds. The molecule has 2 aromatic rings. The highest BCUT2D eigenvalue weighted by molar-refractivity contribution is 7.98. The molecular formula is C23H24N2O4S.